The van der Waals surface area contributed by atoms with E-state index in [0.717, 1.165) is 6.07 Å². The first-order chi connectivity index (χ1) is 7.86. The highest BCUT2D eigenvalue weighted by molar-refractivity contribution is 5.29. The van der Waals surface area contributed by atoms with Crippen LogP contribution in [0, 0.1) is 17.7 Å². The molecule has 1 aromatic carbocycles. The van der Waals surface area contributed by atoms with Gasteiger partial charge < -0.3 is 5.11 Å². The van der Waals surface area contributed by atoms with Gasteiger partial charge in [-0.05, 0) is 24.6 Å². The zero-order chi connectivity index (χ0) is 13.1. The van der Waals surface area contributed by atoms with Crippen LogP contribution < -0.4 is 0 Å². The quantitative estimate of drug-likeness (QED) is 0.627. The van der Waals surface area contributed by atoms with Gasteiger partial charge in [0.05, 0.1) is 11.7 Å². The maximum Gasteiger partial charge on any atom is 0.419 e. The molecule has 1 rings (SSSR count). The summed E-state index contributed by atoms with van der Waals surface area (Å²) in [4.78, 5) is 0. The van der Waals surface area contributed by atoms with Gasteiger partial charge in [0.1, 0.15) is 5.82 Å². The van der Waals surface area contributed by atoms with E-state index in [0.29, 0.717) is 12.1 Å². The Bertz CT molecular complexity index is 454. The maximum absolute atomic E-state index is 13.0. The molecule has 0 amide bonds. The molecule has 0 aliphatic heterocycles. The number of benzene rings is 1. The molecule has 92 valence electrons. The predicted molar refractivity (Wildman–Crippen MR) is 54.4 cm³/mol. The molecule has 0 radical (unpaired) electrons. The van der Waals surface area contributed by atoms with Crippen molar-refractivity contribution in [3.63, 3.8) is 0 Å². The van der Waals surface area contributed by atoms with E-state index in [1.54, 1.807) is 6.92 Å². The zero-order valence-corrected chi connectivity index (χ0v) is 8.98. The molecule has 1 unspecified atom stereocenters. The number of aliphatic hydroxyl groups excluding tert-OH is 1. The lowest BCUT2D eigenvalue weighted by atomic mass is 10.0. The van der Waals surface area contributed by atoms with Gasteiger partial charge in [0.15, 0.2) is 0 Å². The zero-order valence-electron chi connectivity index (χ0n) is 8.98. The van der Waals surface area contributed by atoms with Crippen LogP contribution in [0.2, 0.25) is 0 Å². The molecule has 0 spiro atoms. The van der Waals surface area contributed by atoms with Crippen LogP contribution in [-0.4, -0.2) is 5.11 Å². The monoisotopic (exact) mass is 246 g/mol. The molecule has 1 N–H and O–H groups in total. The Morgan fingerprint density at radius 3 is 2.53 bits per heavy atom. The fraction of sp³-hybridized carbons (Fsp3) is 0.333. The van der Waals surface area contributed by atoms with E-state index >= 15 is 0 Å². The van der Waals surface area contributed by atoms with Crippen LogP contribution in [0.4, 0.5) is 17.6 Å². The Morgan fingerprint density at radius 1 is 1.35 bits per heavy atom. The number of halogens is 4. The highest BCUT2D eigenvalue weighted by atomic mass is 19.4. The van der Waals surface area contributed by atoms with E-state index in [9.17, 15) is 22.7 Å². The van der Waals surface area contributed by atoms with Crippen LogP contribution >= 0.6 is 0 Å². The van der Waals surface area contributed by atoms with Gasteiger partial charge in [-0.25, -0.2) is 4.39 Å². The van der Waals surface area contributed by atoms with Gasteiger partial charge in [0.2, 0.25) is 0 Å². The highest BCUT2D eigenvalue weighted by Gasteiger charge is 2.34. The number of aliphatic hydroxyl groups is 1. The molecule has 0 aromatic heterocycles. The van der Waals surface area contributed by atoms with Gasteiger partial charge in [-0.15, -0.1) is 11.8 Å². The topological polar surface area (TPSA) is 20.2 Å². The summed E-state index contributed by atoms with van der Waals surface area (Å²) < 4.78 is 50.1. The predicted octanol–water partition coefficient (Wildman–Crippen LogP) is 3.29. The van der Waals surface area contributed by atoms with E-state index in [4.69, 9.17) is 0 Å². The molecular formula is C12H10F4O. The second-order valence-electron chi connectivity index (χ2n) is 3.38. The highest BCUT2D eigenvalue weighted by Crippen LogP contribution is 2.33. The Kier molecular flexibility index (Phi) is 4.13. The third-order valence-corrected chi connectivity index (χ3v) is 2.15. The molecule has 17 heavy (non-hydrogen) atoms. The van der Waals surface area contributed by atoms with E-state index < -0.39 is 23.7 Å². The van der Waals surface area contributed by atoms with Crippen LogP contribution in [0.1, 0.15) is 30.6 Å². The van der Waals surface area contributed by atoms with Gasteiger partial charge in [0.25, 0.3) is 0 Å². The molecule has 0 heterocycles. The molecule has 0 fully saturated rings. The second-order valence-corrected chi connectivity index (χ2v) is 3.38. The van der Waals surface area contributed by atoms with Crippen molar-refractivity contribution in [2.45, 2.75) is 25.6 Å². The summed E-state index contributed by atoms with van der Waals surface area (Å²) in [5.41, 5.74) is -1.38. The number of hydrogen-bond donors (Lipinski definition) is 1. The molecule has 0 aliphatic carbocycles. The van der Waals surface area contributed by atoms with Crippen LogP contribution in [0.25, 0.3) is 0 Å². The lowest BCUT2D eigenvalue weighted by Crippen LogP contribution is -2.09. The molecule has 0 aliphatic rings. The Labute approximate surface area is 96.1 Å². The van der Waals surface area contributed by atoms with Gasteiger partial charge in [-0.3, -0.25) is 0 Å². The SMILES string of the molecule is CC#CCC(O)c1ccc(F)c(C(F)(F)F)c1. The molecule has 1 aromatic rings. The molecule has 5 heteroatoms. The molecule has 0 saturated carbocycles. The van der Waals surface area contributed by atoms with Crippen LogP contribution in [0.5, 0.6) is 0 Å². The standard InChI is InChI=1S/C12H10F4O/c1-2-3-4-11(17)8-5-6-10(13)9(7-8)12(14,15)16/h5-7,11,17H,4H2,1H3. The van der Waals surface area contributed by atoms with Crippen molar-refractivity contribution < 1.29 is 22.7 Å². The third-order valence-electron chi connectivity index (χ3n) is 2.15. The minimum absolute atomic E-state index is 0.00137. The largest absolute Gasteiger partial charge is 0.419 e. The van der Waals surface area contributed by atoms with Crippen molar-refractivity contribution >= 4 is 0 Å². The summed E-state index contributed by atoms with van der Waals surface area (Å²) in [7, 11) is 0. The van der Waals surface area contributed by atoms with Gasteiger partial charge in [-0.2, -0.15) is 13.2 Å². The Hall–Kier alpha value is -1.54. The summed E-state index contributed by atoms with van der Waals surface area (Å²) >= 11 is 0. The van der Waals surface area contributed by atoms with E-state index in [-0.39, 0.29) is 12.0 Å². The lowest BCUT2D eigenvalue weighted by Gasteiger charge is -2.12. The summed E-state index contributed by atoms with van der Waals surface area (Å²) in [5.74, 6) is 3.71. The first-order valence-electron chi connectivity index (χ1n) is 4.80. The number of hydrogen-bond acceptors (Lipinski definition) is 1. The van der Waals surface area contributed by atoms with Crippen LogP contribution in [0.15, 0.2) is 18.2 Å². The first kappa shape index (κ1) is 13.5. The third kappa shape index (κ3) is 3.46. The second kappa shape index (κ2) is 5.19. The van der Waals surface area contributed by atoms with Gasteiger partial charge >= 0.3 is 6.18 Å². The lowest BCUT2D eigenvalue weighted by molar-refractivity contribution is -0.140. The van der Waals surface area contributed by atoms with Crippen molar-refractivity contribution in [2.75, 3.05) is 0 Å². The van der Waals surface area contributed by atoms with Crippen LogP contribution in [-0.2, 0) is 6.18 Å². The first-order valence-corrected chi connectivity index (χ1v) is 4.80. The molecule has 1 atom stereocenters. The van der Waals surface area contributed by atoms with Gasteiger partial charge in [0, 0.05) is 6.42 Å². The van der Waals surface area contributed by atoms with Crippen molar-refractivity contribution in [3.8, 4) is 11.8 Å². The smallest absolute Gasteiger partial charge is 0.387 e. The fourth-order valence-corrected chi connectivity index (χ4v) is 1.28. The summed E-state index contributed by atoms with van der Waals surface area (Å²) in [5, 5.41) is 9.54. The van der Waals surface area contributed by atoms with E-state index in [1.165, 1.54) is 0 Å². The molecular weight excluding hydrogens is 236 g/mol. The van der Waals surface area contributed by atoms with Crippen molar-refractivity contribution in [1.82, 2.24) is 0 Å². The van der Waals surface area contributed by atoms with Gasteiger partial charge in [-0.1, -0.05) is 6.07 Å². The minimum atomic E-state index is -4.77. The summed E-state index contributed by atoms with van der Waals surface area (Å²) in [6, 6.07) is 2.42. The number of rotatable bonds is 2. The molecule has 0 bridgehead atoms. The summed E-state index contributed by atoms with van der Waals surface area (Å²) in [6.45, 7) is 1.55. The van der Waals surface area contributed by atoms with E-state index in [2.05, 4.69) is 11.8 Å². The van der Waals surface area contributed by atoms with Crippen molar-refractivity contribution in [2.24, 2.45) is 0 Å². The molecule has 0 saturated heterocycles. The average Bonchev–Trinajstić information content (AvgIpc) is 2.25. The van der Waals surface area contributed by atoms with Crippen molar-refractivity contribution in [3.05, 3.63) is 35.1 Å². The number of alkyl halides is 3. The fourth-order valence-electron chi connectivity index (χ4n) is 1.28. The Morgan fingerprint density at radius 2 is 2.00 bits per heavy atom. The normalized spacial score (nSPS) is 12.8. The molecule has 1 nitrogen and oxygen atoms in total. The maximum atomic E-state index is 13.0. The minimum Gasteiger partial charge on any atom is -0.387 e. The van der Waals surface area contributed by atoms with Crippen molar-refractivity contribution in [1.29, 1.82) is 0 Å². The summed E-state index contributed by atoms with van der Waals surface area (Å²) in [6.07, 6.45) is -5.90. The Balaban J connectivity index is 3.07. The van der Waals surface area contributed by atoms with E-state index in [1.807, 2.05) is 0 Å². The average molecular weight is 246 g/mol. The van der Waals surface area contributed by atoms with Crippen LogP contribution in [0.3, 0.4) is 0 Å².